The molecule has 0 spiro atoms. The molecule has 0 unspecified atom stereocenters. The largest absolute Gasteiger partial charge is 0.223 e. The van der Waals surface area contributed by atoms with E-state index >= 15 is 0 Å². The third kappa shape index (κ3) is 11.7. The topological polar surface area (TPSA) is 34.1 Å². The van der Waals surface area contributed by atoms with E-state index in [9.17, 15) is 8.42 Å². The van der Waals surface area contributed by atoms with Gasteiger partial charge in [0.25, 0.3) is 0 Å². The Bertz CT molecular complexity index is 834. The van der Waals surface area contributed by atoms with E-state index in [-0.39, 0.29) is 5.75 Å². The average molecular weight is 415 g/mol. The average Bonchev–Trinajstić information content (AvgIpc) is 2.67. The minimum atomic E-state index is -3.23. The summed E-state index contributed by atoms with van der Waals surface area (Å²) in [5, 5.41) is 0. The zero-order chi connectivity index (χ0) is 21.7. The zero-order valence-electron chi connectivity index (χ0n) is 18.9. The Hall–Kier alpha value is -1.87. The van der Waals surface area contributed by atoms with Crippen LogP contribution in [0.4, 0.5) is 0 Å². The van der Waals surface area contributed by atoms with Gasteiger partial charge in [-0.25, -0.2) is 8.42 Å². The summed E-state index contributed by atoms with van der Waals surface area (Å²) >= 11 is 0. The van der Waals surface area contributed by atoms with E-state index in [2.05, 4.69) is 45.9 Å². The van der Waals surface area contributed by atoms with Crippen molar-refractivity contribution in [3.8, 4) is 0 Å². The van der Waals surface area contributed by atoms with Crippen LogP contribution in [0.2, 0.25) is 0 Å². The van der Waals surface area contributed by atoms with Gasteiger partial charge in [0, 0.05) is 0 Å². The van der Waals surface area contributed by atoms with E-state index in [1.165, 1.54) is 16.7 Å². The first-order valence-corrected chi connectivity index (χ1v) is 12.2. The minimum absolute atomic E-state index is 0.0718. The Morgan fingerprint density at radius 1 is 0.690 bits per heavy atom. The van der Waals surface area contributed by atoms with Crippen LogP contribution < -0.4 is 0 Å². The molecule has 1 aromatic rings. The highest BCUT2D eigenvalue weighted by Gasteiger charge is 2.11. The molecule has 0 atom stereocenters. The molecule has 0 saturated carbocycles. The molecular formula is C26H38O2S. The molecule has 1 aromatic carbocycles. The number of rotatable bonds is 12. The van der Waals surface area contributed by atoms with Crippen LogP contribution in [0.1, 0.15) is 73.1 Å². The second-order valence-corrected chi connectivity index (χ2v) is 10.2. The number of hydrogen-bond acceptors (Lipinski definition) is 2. The van der Waals surface area contributed by atoms with Crippen molar-refractivity contribution in [3.63, 3.8) is 0 Å². The van der Waals surface area contributed by atoms with Crippen LogP contribution in [0, 0.1) is 0 Å². The van der Waals surface area contributed by atoms with Gasteiger partial charge < -0.3 is 0 Å². The van der Waals surface area contributed by atoms with Gasteiger partial charge in [0.15, 0.2) is 9.84 Å². The second kappa shape index (κ2) is 13.4. The van der Waals surface area contributed by atoms with E-state index in [1.807, 2.05) is 19.1 Å². The van der Waals surface area contributed by atoms with Gasteiger partial charge in [0.1, 0.15) is 0 Å². The Kier molecular flexibility index (Phi) is 11.6. The van der Waals surface area contributed by atoms with Crippen LogP contribution >= 0.6 is 0 Å². The van der Waals surface area contributed by atoms with Crippen molar-refractivity contribution >= 4 is 9.84 Å². The lowest BCUT2D eigenvalue weighted by molar-refractivity contribution is 0.599. The second-order valence-electron chi connectivity index (χ2n) is 8.14. The van der Waals surface area contributed by atoms with Gasteiger partial charge in [-0.2, -0.15) is 0 Å². The molecule has 2 nitrogen and oxygen atoms in total. The van der Waals surface area contributed by atoms with Crippen molar-refractivity contribution in [1.29, 1.82) is 0 Å². The van der Waals surface area contributed by atoms with Crippen LogP contribution in [-0.2, 0) is 9.84 Å². The fraction of sp³-hybridized carbons (Fsp3) is 0.462. The Labute approximate surface area is 179 Å². The first-order valence-electron chi connectivity index (χ1n) is 10.6. The summed E-state index contributed by atoms with van der Waals surface area (Å²) in [4.78, 5) is 0.393. The smallest absolute Gasteiger partial charge is 0.181 e. The normalized spacial score (nSPS) is 13.5. The Morgan fingerprint density at radius 3 is 1.62 bits per heavy atom. The molecule has 0 heterocycles. The summed E-state index contributed by atoms with van der Waals surface area (Å²) < 4.78 is 24.7. The number of benzene rings is 1. The van der Waals surface area contributed by atoms with Gasteiger partial charge in [-0.1, -0.05) is 64.8 Å². The van der Waals surface area contributed by atoms with Gasteiger partial charge in [-0.3, -0.25) is 0 Å². The fourth-order valence-electron chi connectivity index (χ4n) is 2.96. The van der Waals surface area contributed by atoms with Crippen molar-refractivity contribution in [3.05, 3.63) is 76.9 Å². The highest BCUT2D eigenvalue weighted by atomic mass is 32.2. The SMILES string of the molecule is CC(C)=CCC/C(C)=C/CCC(C)=CCC/C(C)=C/CS(=O)(=O)c1ccccc1. The molecule has 1 rings (SSSR count). The molecular weight excluding hydrogens is 376 g/mol. The lowest BCUT2D eigenvalue weighted by Crippen LogP contribution is -2.04. The van der Waals surface area contributed by atoms with E-state index < -0.39 is 9.84 Å². The predicted octanol–water partition coefficient (Wildman–Crippen LogP) is 7.61. The quantitative estimate of drug-likeness (QED) is 0.330. The summed E-state index contributed by atoms with van der Waals surface area (Å²) in [5.74, 6) is 0.0718. The first kappa shape index (κ1) is 25.2. The van der Waals surface area contributed by atoms with Crippen molar-refractivity contribution in [2.75, 3.05) is 5.75 Å². The molecule has 3 heteroatoms. The Morgan fingerprint density at radius 2 is 1.14 bits per heavy atom. The summed E-state index contributed by atoms with van der Waals surface area (Å²) in [5.41, 5.74) is 5.39. The van der Waals surface area contributed by atoms with Crippen molar-refractivity contribution in [2.45, 2.75) is 78.0 Å². The maximum atomic E-state index is 12.3. The van der Waals surface area contributed by atoms with Crippen molar-refractivity contribution in [2.24, 2.45) is 0 Å². The molecule has 0 fully saturated rings. The fourth-order valence-corrected chi connectivity index (χ4v) is 4.23. The number of allylic oxidation sites excluding steroid dienone is 7. The van der Waals surface area contributed by atoms with Gasteiger partial charge in [-0.15, -0.1) is 0 Å². The lowest BCUT2D eigenvalue weighted by Gasteiger charge is -2.04. The van der Waals surface area contributed by atoms with Crippen LogP contribution in [0.25, 0.3) is 0 Å². The molecule has 0 saturated heterocycles. The third-order valence-corrected chi connectivity index (χ3v) is 6.50. The van der Waals surface area contributed by atoms with E-state index in [1.54, 1.807) is 24.3 Å². The van der Waals surface area contributed by atoms with Gasteiger partial charge in [-0.05, 0) is 85.3 Å². The molecule has 0 aliphatic heterocycles. The minimum Gasteiger partial charge on any atom is -0.223 e. The van der Waals surface area contributed by atoms with E-state index in [0.717, 1.165) is 44.1 Å². The number of hydrogen-bond donors (Lipinski definition) is 0. The highest BCUT2D eigenvalue weighted by Crippen LogP contribution is 2.15. The molecule has 0 bridgehead atoms. The maximum Gasteiger partial charge on any atom is 0.181 e. The van der Waals surface area contributed by atoms with Gasteiger partial charge in [0.05, 0.1) is 10.6 Å². The third-order valence-electron chi connectivity index (χ3n) is 4.91. The standard InChI is InChI=1S/C26H38O2S/c1-22(2)12-9-13-23(3)14-10-15-24(4)16-11-17-25(5)20-21-29(27,28)26-18-7-6-8-19-26/h6-8,12,14,16,18-20H,9-11,13,15,17,21H2,1-5H3/b23-14+,24-16?,25-20+. The summed E-state index contributed by atoms with van der Waals surface area (Å²) in [6.45, 7) is 10.7. The number of sulfone groups is 1. The molecule has 29 heavy (non-hydrogen) atoms. The highest BCUT2D eigenvalue weighted by molar-refractivity contribution is 7.91. The van der Waals surface area contributed by atoms with Crippen LogP contribution in [-0.4, -0.2) is 14.2 Å². The lowest BCUT2D eigenvalue weighted by atomic mass is 10.0. The molecule has 160 valence electrons. The molecule has 0 aliphatic rings. The molecule has 0 aliphatic carbocycles. The molecule has 0 aromatic heterocycles. The zero-order valence-corrected chi connectivity index (χ0v) is 19.7. The van der Waals surface area contributed by atoms with Crippen molar-refractivity contribution < 1.29 is 8.42 Å². The monoisotopic (exact) mass is 414 g/mol. The molecule has 0 radical (unpaired) electrons. The summed E-state index contributed by atoms with van der Waals surface area (Å²) in [6, 6.07) is 8.66. The van der Waals surface area contributed by atoms with Gasteiger partial charge >= 0.3 is 0 Å². The van der Waals surface area contributed by atoms with Crippen LogP contribution in [0.3, 0.4) is 0 Å². The Balaban J connectivity index is 2.38. The van der Waals surface area contributed by atoms with E-state index in [0.29, 0.717) is 4.90 Å². The predicted molar refractivity (Wildman–Crippen MR) is 127 cm³/mol. The summed E-state index contributed by atoms with van der Waals surface area (Å²) in [6.07, 6.45) is 15.1. The van der Waals surface area contributed by atoms with Crippen LogP contribution in [0.15, 0.2) is 81.8 Å². The summed E-state index contributed by atoms with van der Waals surface area (Å²) in [7, 11) is -3.23. The van der Waals surface area contributed by atoms with Gasteiger partial charge in [0.2, 0.25) is 0 Å². The molecule has 0 amide bonds. The first-order chi connectivity index (χ1) is 13.7. The molecule has 0 N–H and O–H groups in total. The van der Waals surface area contributed by atoms with E-state index in [4.69, 9.17) is 0 Å². The maximum absolute atomic E-state index is 12.3. The van der Waals surface area contributed by atoms with Crippen molar-refractivity contribution in [1.82, 2.24) is 0 Å². The van der Waals surface area contributed by atoms with Crippen LogP contribution in [0.5, 0.6) is 0 Å².